The molecule has 0 unspecified atom stereocenters. The van der Waals surface area contributed by atoms with Crippen LogP contribution >= 0.6 is 15.9 Å². The Kier molecular flexibility index (Phi) is 2.67. The molecule has 0 aliphatic carbocycles. The van der Waals surface area contributed by atoms with Gasteiger partial charge in [-0.3, -0.25) is 0 Å². The lowest BCUT2D eigenvalue weighted by atomic mass is 10.3. The molecule has 1 aromatic carbocycles. The number of aromatic amines is 1. The maximum Gasteiger partial charge on any atom is 0.312 e. The summed E-state index contributed by atoms with van der Waals surface area (Å²) in [6.45, 7) is 0. The Morgan fingerprint density at radius 1 is 1.28 bits per heavy atom. The van der Waals surface area contributed by atoms with E-state index in [-0.39, 0.29) is 0 Å². The first kappa shape index (κ1) is 11.1. The fourth-order valence-corrected chi connectivity index (χ4v) is 2.00. The second-order valence-corrected chi connectivity index (χ2v) is 4.49. The predicted molar refractivity (Wildman–Crippen MR) is 69.1 cm³/mol. The molecule has 2 aromatic heterocycles. The van der Waals surface area contributed by atoms with Crippen molar-refractivity contribution in [1.29, 1.82) is 0 Å². The maximum absolute atomic E-state index is 13.2. The summed E-state index contributed by atoms with van der Waals surface area (Å²) in [5.41, 5.74) is 1.65. The van der Waals surface area contributed by atoms with Gasteiger partial charge in [0.05, 0.1) is 6.33 Å². The van der Waals surface area contributed by atoms with E-state index in [2.05, 4.69) is 41.2 Å². The molecule has 3 aromatic rings. The lowest BCUT2D eigenvalue weighted by molar-refractivity contribution is 0.545. The number of hydrogen-bond donors (Lipinski definition) is 2. The summed E-state index contributed by atoms with van der Waals surface area (Å²) in [6.07, 6.45) is 0.636. The van der Waals surface area contributed by atoms with Gasteiger partial charge in [0.2, 0.25) is 0 Å². The Morgan fingerprint density at radius 2 is 2.17 bits per heavy atom. The van der Waals surface area contributed by atoms with Crippen LogP contribution in [-0.2, 0) is 0 Å². The van der Waals surface area contributed by atoms with Crippen LogP contribution in [0.25, 0.3) is 11.2 Å². The molecule has 7 heteroatoms. The number of H-pyrrole nitrogens is 1. The molecule has 0 aliphatic rings. The van der Waals surface area contributed by atoms with E-state index in [0.717, 1.165) is 10.2 Å². The first-order valence-corrected chi connectivity index (χ1v) is 5.91. The second kappa shape index (κ2) is 4.34. The highest BCUT2D eigenvalue weighted by molar-refractivity contribution is 9.10. The minimum atomic E-state index is -0.813. The average Bonchev–Trinajstić information content (AvgIpc) is 2.77. The third kappa shape index (κ3) is 2.04. The van der Waals surface area contributed by atoms with Gasteiger partial charge in [-0.1, -0.05) is 22.0 Å². The Bertz CT molecular complexity index is 711. The summed E-state index contributed by atoms with van der Waals surface area (Å²) < 4.78 is 14.2. The zero-order valence-corrected chi connectivity index (χ0v) is 10.6. The molecule has 2 heterocycles. The Labute approximate surface area is 110 Å². The summed E-state index contributed by atoms with van der Waals surface area (Å²) in [6, 6.07) is 7.49. The number of fused-ring (bicyclic) bond motifs is 1. The van der Waals surface area contributed by atoms with E-state index in [1.165, 1.54) is 6.33 Å². The van der Waals surface area contributed by atoms with Gasteiger partial charge in [-0.15, -0.1) is 0 Å². The van der Waals surface area contributed by atoms with Crippen LogP contribution in [0.3, 0.4) is 0 Å². The Hall–Kier alpha value is -2.02. The summed E-state index contributed by atoms with van der Waals surface area (Å²) in [5.74, 6) is 0.355. The largest absolute Gasteiger partial charge is 0.340 e. The summed E-state index contributed by atoms with van der Waals surface area (Å²) in [7, 11) is 0. The van der Waals surface area contributed by atoms with E-state index in [1.807, 2.05) is 24.3 Å². The number of hydrogen-bond acceptors (Lipinski definition) is 4. The van der Waals surface area contributed by atoms with Crippen molar-refractivity contribution in [2.45, 2.75) is 0 Å². The Morgan fingerprint density at radius 3 is 3.00 bits per heavy atom. The standard InChI is InChI=1S/C11H7BrFN5/c12-6-2-1-3-7(4-6)16-10-8-9(15-5-14-8)17-11(13)18-10/h1-5H,(H2,14,15,16,17,18). The lowest BCUT2D eigenvalue weighted by Gasteiger charge is -2.06. The molecular formula is C11H7BrFN5. The highest BCUT2D eigenvalue weighted by Gasteiger charge is 2.09. The van der Waals surface area contributed by atoms with Gasteiger partial charge in [-0.2, -0.15) is 14.4 Å². The molecule has 0 saturated heterocycles. The zero-order chi connectivity index (χ0) is 12.5. The molecule has 0 radical (unpaired) electrons. The van der Waals surface area contributed by atoms with Crippen molar-refractivity contribution in [2.24, 2.45) is 0 Å². The highest BCUT2D eigenvalue weighted by Crippen LogP contribution is 2.23. The van der Waals surface area contributed by atoms with E-state index < -0.39 is 6.08 Å². The Balaban J connectivity index is 2.06. The fourth-order valence-electron chi connectivity index (χ4n) is 1.60. The van der Waals surface area contributed by atoms with E-state index in [1.54, 1.807) is 0 Å². The molecule has 3 rings (SSSR count). The quantitative estimate of drug-likeness (QED) is 0.714. The normalized spacial score (nSPS) is 10.8. The molecule has 0 amide bonds. The molecule has 0 saturated carbocycles. The molecule has 5 nitrogen and oxygen atoms in total. The number of nitrogens with zero attached hydrogens (tertiary/aromatic N) is 3. The smallest absolute Gasteiger partial charge is 0.312 e. The molecular weight excluding hydrogens is 301 g/mol. The number of rotatable bonds is 2. The molecule has 0 spiro atoms. The first-order valence-electron chi connectivity index (χ1n) is 5.11. The number of anilines is 2. The summed E-state index contributed by atoms with van der Waals surface area (Å²) in [4.78, 5) is 14.1. The van der Waals surface area contributed by atoms with Crippen LogP contribution in [0.2, 0.25) is 0 Å². The van der Waals surface area contributed by atoms with Crippen LogP contribution in [0.5, 0.6) is 0 Å². The van der Waals surface area contributed by atoms with E-state index in [0.29, 0.717) is 17.0 Å². The van der Waals surface area contributed by atoms with Crippen molar-refractivity contribution >= 4 is 38.6 Å². The van der Waals surface area contributed by atoms with Crippen molar-refractivity contribution in [1.82, 2.24) is 19.9 Å². The van der Waals surface area contributed by atoms with Crippen LogP contribution in [0.4, 0.5) is 15.9 Å². The molecule has 0 bridgehead atoms. The topological polar surface area (TPSA) is 66.5 Å². The zero-order valence-electron chi connectivity index (χ0n) is 8.98. The summed E-state index contributed by atoms with van der Waals surface area (Å²) in [5, 5.41) is 3.02. The van der Waals surface area contributed by atoms with Crippen molar-refractivity contribution in [3.05, 3.63) is 41.1 Å². The number of imidazole rings is 1. The first-order chi connectivity index (χ1) is 8.72. The van der Waals surface area contributed by atoms with E-state index >= 15 is 0 Å². The molecule has 0 fully saturated rings. The lowest BCUT2D eigenvalue weighted by Crippen LogP contribution is -1.99. The van der Waals surface area contributed by atoms with E-state index in [4.69, 9.17) is 0 Å². The van der Waals surface area contributed by atoms with E-state index in [9.17, 15) is 4.39 Å². The van der Waals surface area contributed by atoms with Crippen LogP contribution in [0.15, 0.2) is 35.1 Å². The monoisotopic (exact) mass is 307 g/mol. The van der Waals surface area contributed by atoms with Gasteiger partial charge in [0, 0.05) is 10.2 Å². The molecule has 90 valence electrons. The van der Waals surface area contributed by atoms with Crippen molar-refractivity contribution < 1.29 is 4.39 Å². The van der Waals surface area contributed by atoms with Crippen LogP contribution in [-0.4, -0.2) is 19.9 Å². The number of benzene rings is 1. The minimum absolute atomic E-state index is 0.292. The molecule has 0 atom stereocenters. The van der Waals surface area contributed by atoms with Gasteiger partial charge < -0.3 is 10.3 Å². The van der Waals surface area contributed by atoms with Gasteiger partial charge in [-0.05, 0) is 18.2 Å². The third-order valence-corrected chi connectivity index (χ3v) is 2.84. The predicted octanol–water partition coefficient (Wildman–Crippen LogP) is 3.00. The molecule has 0 aliphatic heterocycles. The minimum Gasteiger partial charge on any atom is -0.340 e. The highest BCUT2D eigenvalue weighted by atomic mass is 79.9. The molecule has 18 heavy (non-hydrogen) atoms. The van der Waals surface area contributed by atoms with Crippen LogP contribution < -0.4 is 5.32 Å². The number of aromatic nitrogens is 4. The van der Waals surface area contributed by atoms with Gasteiger partial charge in [-0.25, -0.2) is 4.98 Å². The van der Waals surface area contributed by atoms with Crippen molar-refractivity contribution in [3.8, 4) is 0 Å². The van der Waals surface area contributed by atoms with Gasteiger partial charge >= 0.3 is 6.08 Å². The van der Waals surface area contributed by atoms with Gasteiger partial charge in [0.15, 0.2) is 11.5 Å². The third-order valence-electron chi connectivity index (χ3n) is 2.35. The maximum atomic E-state index is 13.2. The van der Waals surface area contributed by atoms with Crippen molar-refractivity contribution in [3.63, 3.8) is 0 Å². The number of halogens is 2. The van der Waals surface area contributed by atoms with Crippen molar-refractivity contribution in [2.75, 3.05) is 5.32 Å². The average molecular weight is 308 g/mol. The second-order valence-electron chi connectivity index (χ2n) is 3.58. The SMILES string of the molecule is Fc1nc(Nc2cccc(Br)c2)c2[nH]cnc2n1. The molecule has 2 N–H and O–H groups in total. The van der Waals surface area contributed by atoms with Gasteiger partial charge in [0.25, 0.3) is 0 Å². The fraction of sp³-hybridized carbons (Fsp3) is 0. The van der Waals surface area contributed by atoms with Gasteiger partial charge in [0.1, 0.15) is 5.52 Å². The van der Waals surface area contributed by atoms with Crippen LogP contribution in [0, 0.1) is 6.08 Å². The summed E-state index contributed by atoms with van der Waals surface area (Å²) >= 11 is 3.37. The van der Waals surface area contributed by atoms with Crippen LogP contribution in [0.1, 0.15) is 0 Å². The number of nitrogens with one attached hydrogen (secondary N) is 2.